The Balaban J connectivity index is -0.0000000981. The highest BCUT2D eigenvalue weighted by Crippen LogP contribution is 2.51. The molecular formula is C80H178. The molecule has 0 N–H and O–H groups in total. The van der Waals surface area contributed by atoms with E-state index in [1.54, 1.807) is 25.7 Å². The van der Waals surface area contributed by atoms with Crippen LogP contribution in [0.3, 0.4) is 0 Å². The molecule has 80 heavy (non-hydrogen) atoms. The van der Waals surface area contributed by atoms with Gasteiger partial charge in [0, 0.05) is 0 Å². The summed E-state index contributed by atoms with van der Waals surface area (Å²) in [5, 5.41) is 0. The quantitative estimate of drug-likeness (QED) is 0.212. The highest BCUT2D eigenvalue weighted by molar-refractivity contribution is 4.91. The molecule has 0 radical (unpaired) electrons. The zero-order valence-corrected chi connectivity index (χ0v) is 63.9. The second-order valence-electron chi connectivity index (χ2n) is 25.8. The molecule has 2 unspecified atom stereocenters. The first-order chi connectivity index (χ1) is 38.6. The molecule has 9 fully saturated rings. The molecule has 498 valence electrons. The molecule has 4 atom stereocenters. The van der Waals surface area contributed by atoms with Crippen molar-refractivity contribution in [1.82, 2.24) is 0 Å². The van der Waals surface area contributed by atoms with Crippen LogP contribution in [0, 0.1) is 58.2 Å². The van der Waals surface area contributed by atoms with Crippen LogP contribution in [-0.4, -0.2) is 0 Å². The lowest BCUT2D eigenvalue weighted by atomic mass is 9.65. The molecule has 9 aliphatic carbocycles. The summed E-state index contributed by atoms with van der Waals surface area (Å²) in [6, 6.07) is 0. The van der Waals surface area contributed by atoms with E-state index in [1.165, 1.54) is 231 Å². The number of fused-ring (bicyclic) bond motifs is 2. The molecule has 0 aliphatic heterocycles. The summed E-state index contributed by atoms with van der Waals surface area (Å²) in [4.78, 5) is 0. The van der Waals surface area contributed by atoms with Crippen LogP contribution < -0.4 is 0 Å². The largest absolute Gasteiger partial charge is 0.0683 e. The van der Waals surface area contributed by atoms with Gasteiger partial charge in [-0.3, -0.25) is 0 Å². The Labute approximate surface area is 520 Å². The van der Waals surface area contributed by atoms with E-state index < -0.39 is 0 Å². The summed E-state index contributed by atoms with van der Waals surface area (Å²) in [7, 11) is 0. The Bertz CT molecular complexity index is 840. The first kappa shape index (κ1) is 99.0. The predicted molar refractivity (Wildman–Crippen MR) is 388 cm³/mol. The molecule has 0 aromatic rings. The molecule has 0 spiro atoms. The molecule has 0 heteroatoms. The first-order valence-corrected chi connectivity index (χ1v) is 38.6. The van der Waals surface area contributed by atoms with Gasteiger partial charge in [-0.05, 0) is 96.7 Å². The van der Waals surface area contributed by atoms with Crippen molar-refractivity contribution in [3.05, 3.63) is 0 Å². The van der Waals surface area contributed by atoms with Crippen LogP contribution in [0.1, 0.15) is 465 Å². The average Bonchev–Trinajstić information content (AvgIpc) is 3.90. The third-order valence-electron chi connectivity index (χ3n) is 16.4. The van der Waals surface area contributed by atoms with Crippen molar-refractivity contribution in [2.45, 2.75) is 465 Å². The summed E-state index contributed by atoms with van der Waals surface area (Å²) in [5.74, 6) is 8.29. The SMILES string of the molecule is C1CCCCCC1.C1CCCCCCC1.C1CCCCCCCC1.CC.CC.CC.CC.CC.CC.CC.CC.CC.CC(C)C.CC1CC(C)(C)C1.CC1CCCC1.CC1CCCCC1.C[C@@H]1CC2CCC1C2.C[C@H]1CC1(C)C. The van der Waals surface area contributed by atoms with E-state index in [9.17, 15) is 0 Å². The minimum Gasteiger partial charge on any atom is -0.0683 e. The maximum Gasteiger partial charge on any atom is -0.0326 e. The second-order valence-corrected chi connectivity index (χ2v) is 25.8. The van der Waals surface area contributed by atoms with Crippen molar-refractivity contribution < 1.29 is 0 Å². The Kier molecular flexibility index (Phi) is 103. The monoisotopic (exact) mass is 1140 g/mol. The molecule has 0 heterocycles. The van der Waals surface area contributed by atoms with Crippen molar-refractivity contribution in [3.63, 3.8) is 0 Å². The summed E-state index contributed by atoms with van der Waals surface area (Å²) < 4.78 is 0. The van der Waals surface area contributed by atoms with E-state index in [2.05, 4.69) is 83.1 Å². The van der Waals surface area contributed by atoms with Crippen molar-refractivity contribution in [2.75, 3.05) is 0 Å². The number of rotatable bonds is 0. The van der Waals surface area contributed by atoms with E-state index in [-0.39, 0.29) is 0 Å². The second kappa shape index (κ2) is 83.2. The lowest BCUT2D eigenvalue weighted by Crippen LogP contribution is -2.29. The minimum absolute atomic E-state index is 0.694. The number of hydrogen-bond donors (Lipinski definition) is 0. The van der Waals surface area contributed by atoms with Gasteiger partial charge in [0.1, 0.15) is 0 Å². The molecule has 0 aromatic carbocycles. The first-order valence-electron chi connectivity index (χ1n) is 38.6. The van der Waals surface area contributed by atoms with E-state index in [0.717, 1.165) is 47.3 Å². The molecule has 9 saturated carbocycles. The van der Waals surface area contributed by atoms with Crippen molar-refractivity contribution in [1.29, 1.82) is 0 Å². The molecule has 0 nitrogen and oxygen atoms in total. The van der Waals surface area contributed by atoms with Gasteiger partial charge in [-0.2, -0.15) is 0 Å². The standard InChI is InChI=1S/C9H18.C8H14.C8H16.3C7H14.2C6H12.C4H10.9C2H6/c1-2-4-6-8-9-7-5-3-1;1-6-4-7-2-3-8(6)5-7;1-2-4-6-8-7-5-3-1;1-6-4-7(2,3)5-6;1-7-5-3-2-4-6-7;1-2-4-6-7-5-3-1;1-5-4-6(5,2)3;1-6-4-2-3-5-6;1-4(2)3;9*1-2/h1-9H2;6-8H,2-5H2,1H3;1-8H2;6H,4-5H2,1-3H3;7H,2-6H2,1H3;1-7H2;5H,4H2,1-3H3;6H,2-5H2,1H3;4H,1-3H3;9*1-2H3/t;6-,7?,8?;;;;;5-;;;;;;;;;;;/m.1....0.........../s1. The van der Waals surface area contributed by atoms with Crippen LogP contribution in [0.25, 0.3) is 0 Å². The summed E-state index contributed by atoms with van der Waals surface area (Å²) >= 11 is 0. The Morgan fingerprint density at radius 2 is 0.450 bits per heavy atom. The van der Waals surface area contributed by atoms with E-state index >= 15 is 0 Å². The summed E-state index contributed by atoms with van der Waals surface area (Å²) in [6.07, 6.45) is 59.9. The Hall–Kier alpha value is 0. The van der Waals surface area contributed by atoms with Gasteiger partial charge in [0.05, 0.1) is 0 Å². The maximum absolute atomic E-state index is 2.42. The van der Waals surface area contributed by atoms with Crippen LogP contribution in [0.5, 0.6) is 0 Å². The van der Waals surface area contributed by atoms with Gasteiger partial charge >= 0.3 is 0 Å². The lowest BCUT2D eigenvalue weighted by molar-refractivity contribution is 0.111. The minimum atomic E-state index is 0.694. The third-order valence-corrected chi connectivity index (χ3v) is 16.4. The predicted octanol–water partition coefficient (Wildman–Crippen LogP) is 32.0. The Morgan fingerprint density at radius 1 is 0.263 bits per heavy atom. The topological polar surface area (TPSA) is 0 Å². The van der Waals surface area contributed by atoms with Gasteiger partial charge in [0.25, 0.3) is 0 Å². The molecule has 9 rings (SSSR count). The van der Waals surface area contributed by atoms with E-state index in [1.807, 2.05) is 125 Å². The fraction of sp³-hybridized carbons (Fsp3) is 1.00. The van der Waals surface area contributed by atoms with Gasteiger partial charge in [-0.25, -0.2) is 0 Å². The van der Waals surface area contributed by atoms with Gasteiger partial charge in [0.15, 0.2) is 0 Å². The van der Waals surface area contributed by atoms with E-state index in [0.29, 0.717) is 10.8 Å². The highest BCUT2D eigenvalue weighted by atomic mass is 14.5. The third kappa shape index (κ3) is 82.2. The molecule has 0 saturated heterocycles. The van der Waals surface area contributed by atoms with Gasteiger partial charge in [0.2, 0.25) is 0 Å². The van der Waals surface area contributed by atoms with Crippen LogP contribution in [0.15, 0.2) is 0 Å². The van der Waals surface area contributed by atoms with Gasteiger partial charge in [-0.1, -0.05) is 426 Å². The zero-order chi connectivity index (χ0) is 63.9. The van der Waals surface area contributed by atoms with Crippen LogP contribution >= 0.6 is 0 Å². The normalized spacial score (nSPS) is 23.3. The molecular weight excluding hydrogens is 961 g/mol. The van der Waals surface area contributed by atoms with Gasteiger partial charge < -0.3 is 0 Å². The van der Waals surface area contributed by atoms with Crippen LogP contribution in [-0.2, 0) is 0 Å². The molecule has 9 aliphatic rings. The smallest absolute Gasteiger partial charge is 0.0326 e. The summed E-state index contributed by atoms with van der Waals surface area (Å²) in [6.45, 7) is 63.6. The van der Waals surface area contributed by atoms with Crippen LogP contribution in [0.2, 0.25) is 0 Å². The van der Waals surface area contributed by atoms with Crippen LogP contribution in [0.4, 0.5) is 0 Å². The molecule has 2 bridgehead atoms. The molecule has 0 amide bonds. The van der Waals surface area contributed by atoms with Gasteiger partial charge in [-0.15, -0.1) is 0 Å². The Morgan fingerprint density at radius 3 is 0.512 bits per heavy atom. The fourth-order valence-electron chi connectivity index (χ4n) is 11.8. The van der Waals surface area contributed by atoms with Crippen molar-refractivity contribution in [2.24, 2.45) is 58.2 Å². The number of hydrogen-bond acceptors (Lipinski definition) is 0. The lowest BCUT2D eigenvalue weighted by Gasteiger charge is -2.40. The van der Waals surface area contributed by atoms with Crippen molar-refractivity contribution >= 4 is 0 Å². The molecule has 0 aromatic heterocycles. The fourth-order valence-corrected chi connectivity index (χ4v) is 11.8. The maximum atomic E-state index is 2.42. The van der Waals surface area contributed by atoms with Crippen molar-refractivity contribution in [3.8, 4) is 0 Å². The zero-order valence-electron chi connectivity index (χ0n) is 63.9. The highest BCUT2D eigenvalue weighted by Gasteiger charge is 2.41. The average molecular weight is 1140 g/mol. The summed E-state index contributed by atoms with van der Waals surface area (Å²) in [5.41, 5.74) is 1.40. The van der Waals surface area contributed by atoms with E-state index in [4.69, 9.17) is 0 Å².